The third-order valence-electron chi connectivity index (χ3n) is 17.0. The Labute approximate surface area is 496 Å². The number of guanidine groups is 1. The summed E-state index contributed by atoms with van der Waals surface area (Å²) in [6.45, 7) is 15.9. The van der Waals surface area contributed by atoms with Gasteiger partial charge in [-0.05, 0) is 102 Å². The fourth-order valence-electron chi connectivity index (χ4n) is 10.9. The zero-order valence-electron chi connectivity index (χ0n) is 51.0. The molecule has 2 aliphatic rings. The molecule has 23 heteroatoms. The highest BCUT2D eigenvalue weighted by Crippen LogP contribution is 2.37. The van der Waals surface area contributed by atoms with Gasteiger partial charge in [0.1, 0.15) is 24.7 Å². The summed E-state index contributed by atoms with van der Waals surface area (Å²) >= 11 is 0. The number of ether oxygens (including phenoxy) is 3. The molecule has 0 aromatic heterocycles. The molecule has 84 heavy (non-hydrogen) atoms. The molecule has 2 bridgehead atoms. The SMILES string of the molecule is CC(=CCCCCCN=C(N)N)CC(C)C1OC(=O)C(C)C(O)C(C)=CCC(O)C(C)C(O)CC(O)C(C)C(O)CCC(C)C(O)CC2(O)OC(CC(OC(=O)CC(=O)O)CC(O)CC(O)CC(O)C(C)C(O)C=CC=CC1C)CC(O)C2O. The Balaban J connectivity index is 2.50. The molecule has 0 aromatic carbocycles. The standard InChI is InChI=1S/C61H107N3O20/c1-33(16-12-10-11-15-23-64-60(62)63)24-37(5)57-36(4)17-13-14-18-46(67)38(6)49(70)27-43(66)25-42(65)26-44(82-55(77)31-54(75)76)28-45-29-52(73)58(79)61(81,84-45)32-53(74)34(2)19-21-47(68)39(7)50(71)30-51(72)40(8)48(69)22-20-35(3)56(78)41(9)59(80)83-57/h13-14,16-18,20,34,36-53,56-58,65-74,78-79,81H,10-12,15,19,21-32H2,1-9H3,(H,75,76)(H4,62,63,64). The maximum atomic E-state index is 13.9. The predicted molar refractivity (Wildman–Crippen MR) is 314 cm³/mol. The molecular formula is C61H107N3O20. The van der Waals surface area contributed by atoms with Crippen LogP contribution in [0, 0.1) is 41.4 Å². The molecule has 0 aromatic rings. The fraction of sp³-hybridized carbons (Fsp3) is 0.803. The lowest BCUT2D eigenvalue weighted by molar-refractivity contribution is -0.333. The van der Waals surface area contributed by atoms with Crippen LogP contribution in [0.25, 0.3) is 0 Å². The van der Waals surface area contributed by atoms with E-state index in [0.717, 1.165) is 31.3 Å². The molecule has 1 fully saturated rings. The number of unbranched alkanes of at least 4 members (excludes halogenated alkanes) is 3. The first-order valence-electron chi connectivity index (χ1n) is 30.1. The van der Waals surface area contributed by atoms with Crippen LogP contribution in [0.1, 0.15) is 165 Å². The lowest BCUT2D eigenvalue weighted by atomic mass is 9.83. The average molecular weight is 1200 g/mol. The lowest BCUT2D eigenvalue weighted by Crippen LogP contribution is -2.60. The van der Waals surface area contributed by atoms with Crippen LogP contribution in [-0.4, -0.2) is 199 Å². The van der Waals surface area contributed by atoms with Gasteiger partial charge in [-0.1, -0.05) is 90.0 Å². The van der Waals surface area contributed by atoms with Gasteiger partial charge in [0.05, 0.1) is 79.2 Å². The highest BCUT2D eigenvalue weighted by atomic mass is 16.7. The van der Waals surface area contributed by atoms with Crippen molar-refractivity contribution in [1.29, 1.82) is 0 Å². The van der Waals surface area contributed by atoms with E-state index in [1.54, 1.807) is 58.9 Å². The summed E-state index contributed by atoms with van der Waals surface area (Å²) in [7, 11) is 0. The molecule has 2 heterocycles. The normalized spacial score (nSPS) is 38.5. The van der Waals surface area contributed by atoms with E-state index in [1.807, 2.05) is 20.8 Å². The highest BCUT2D eigenvalue weighted by molar-refractivity contribution is 5.90. The van der Waals surface area contributed by atoms with Gasteiger partial charge < -0.3 is 97.2 Å². The number of nitrogens with two attached hydrogens (primary N) is 2. The molecule has 0 amide bonds. The Hall–Kier alpha value is -3.92. The second-order valence-corrected chi connectivity index (χ2v) is 24.6. The summed E-state index contributed by atoms with van der Waals surface area (Å²) in [5, 5.41) is 154. The van der Waals surface area contributed by atoms with E-state index in [4.69, 9.17) is 25.7 Å². The van der Waals surface area contributed by atoms with Crippen LogP contribution in [0.4, 0.5) is 0 Å². The first-order valence-corrected chi connectivity index (χ1v) is 30.1. The van der Waals surface area contributed by atoms with Gasteiger partial charge in [0.15, 0.2) is 11.7 Å². The molecule has 18 N–H and O–H groups in total. The Bertz CT molecular complexity index is 2110. The van der Waals surface area contributed by atoms with E-state index in [9.17, 15) is 85.9 Å². The topological polar surface area (TPSA) is 427 Å². The highest BCUT2D eigenvalue weighted by Gasteiger charge is 2.50. The van der Waals surface area contributed by atoms with Gasteiger partial charge in [0, 0.05) is 55.9 Å². The number of aliphatic hydroxyl groups excluding tert-OH is 12. The zero-order valence-corrected chi connectivity index (χ0v) is 51.0. The van der Waals surface area contributed by atoms with Crippen LogP contribution >= 0.6 is 0 Å². The van der Waals surface area contributed by atoms with Gasteiger partial charge in [0.25, 0.3) is 0 Å². The number of hydrogen-bond acceptors (Lipinski definition) is 20. The van der Waals surface area contributed by atoms with E-state index in [-0.39, 0.29) is 63.2 Å². The maximum Gasteiger partial charge on any atom is 0.317 e. The summed E-state index contributed by atoms with van der Waals surface area (Å²) in [6, 6.07) is 0. The predicted octanol–water partition coefficient (Wildman–Crippen LogP) is 2.30. The second-order valence-electron chi connectivity index (χ2n) is 24.6. The minimum Gasteiger partial charge on any atom is -0.481 e. The largest absolute Gasteiger partial charge is 0.481 e. The number of nitrogens with zero attached hydrogens (tertiary/aromatic N) is 1. The van der Waals surface area contributed by atoms with Crippen molar-refractivity contribution in [2.75, 3.05) is 6.54 Å². The molecule has 23 unspecified atom stereocenters. The molecule has 23 atom stereocenters. The van der Waals surface area contributed by atoms with Gasteiger partial charge in [-0.15, -0.1) is 0 Å². The summed E-state index contributed by atoms with van der Waals surface area (Å²) in [5.41, 5.74) is 12.3. The average Bonchev–Trinajstić information content (AvgIpc) is 3.57. The van der Waals surface area contributed by atoms with Crippen LogP contribution in [0.3, 0.4) is 0 Å². The van der Waals surface area contributed by atoms with Crippen LogP contribution in [0.2, 0.25) is 0 Å². The van der Waals surface area contributed by atoms with Crippen molar-refractivity contribution in [3.05, 3.63) is 47.6 Å². The molecule has 23 nitrogen and oxygen atoms in total. The third-order valence-corrected chi connectivity index (χ3v) is 17.0. The van der Waals surface area contributed by atoms with Gasteiger partial charge in [0.2, 0.25) is 0 Å². The first-order chi connectivity index (χ1) is 39.2. The number of carbonyl (C=O) groups excluding carboxylic acids is 2. The van der Waals surface area contributed by atoms with Gasteiger partial charge in [-0.2, -0.15) is 0 Å². The molecule has 0 spiro atoms. The number of hydrogen-bond donors (Lipinski definition) is 16. The van der Waals surface area contributed by atoms with E-state index >= 15 is 0 Å². The van der Waals surface area contributed by atoms with Gasteiger partial charge in [-0.25, -0.2) is 0 Å². The fourth-order valence-corrected chi connectivity index (χ4v) is 10.9. The monoisotopic (exact) mass is 1200 g/mol. The molecule has 2 rings (SSSR count). The van der Waals surface area contributed by atoms with Crippen LogP contribution in [0.5, 0.6) is 0 Å². The van der Waals surface area contributed by atoms with Crippen molar-refractivity contribution in [3.8, 4) is 0 Å². The van der Waals surface area contributed by atoms with Crippen molar-refractivity contribution in [2.24, 2.45) is 57.9 Å². The van der Waals surface area contributed by atoms with Crippen molar-refractivity contribution in [2.45, 2.75) is 262 Å². The van der Waals surface area contributed by atoms with Gasteiger partial charge in [-0.3, -0.25) is 19.4 Å². The Morgan fingerprint density at radius 2 is 1.36 bits per heavy atom. The minimum atomic E-state index is -2.58. The van der Waals surface area contributed by atoms with Gasteiger partial charge >= 0.3 is 17.9 Å². The maximum absolute atomic E-state index is 13.9. The number of fused-ring (bicyclic) bond motifs is 2. The summed E-state index contributed by atoms with van der Waals surface area (Å²) in [6.07, 6.45) is -8.86. The number of allylic oxidation sites excluding steroid dienone is 4. The smallest absolute Gasteiger partial charge is 0.317 e. The van der Waals surface area contributed by atoms with Crippen LogP contribution in [0.15, 0.2) is 52.6 Å². The Morgan fingerprint density at radius 3 is 1.99 bits per heavy atom. The van der Waals surface area contributed by atoms with Crippen molar-refractivity contribution in [1.82, 2.24) is 0 Å². The van der Waals surface area contributed by atoms with Crippen LogP contribution < -0.4 is 11.5 Å². The van der Waals surface area contributed by atoms with Crippen molar-refractivity contribution < 1.29 is 100 Å². The first kappa shape index (κ1) is 76.2. The number of aliphatic imine (C=N–C) groups is 1. The number of esters is 2. The molecule has 486 valence electrons. The molecular weight excluding hydrogens is 1090 g/mol. The van der Waals surface area contributed by atoms with E-state index < -0.39 is 170 Å². The quantitative estimate of drug-likeness (QED) is 0.0333. The minimum absolute atomic E-state index is 0.0197. The number of carboxylic acid groups (broad SMARTS) is 1. The Kier molecular flexibility index (Phi) is 34.2. The van der Waals surface area contributed by atoms with E-state index in [2.05, 4.69) is 11.1 Å². The third kappa shape index (κ3) is 27.0. The van der Waals surface area contributed by atoms with Crippen molar-refractivity contribution >= 4 is 23.9 Å². The number of aliphatic hydroxyl groups is 13. The van der Waals surface area contributed by atoms with E-state index in [0.29, 0.717) is 18.5 Å². The zero-order chi connectivity index (χ0) is 63.8. The Morgan fingerprint density at radius 1 is 0.750 bits per heavy atom. The lowest BCUT2D eigenvalue weighted by Gasteiger charge is -2.45. The molecule has 1 saturated heterocycles. The number of carboxylic acids is 1. The number of cyclic esters (lactones) is 1. The number of rotatable bonds is 12. The summed E-state index contributed by atoms with van der Waals surface area (Å²) < 4.78 is 17.5. The second kappa shape index (κ2) is 37.7. The van der Waals surface area contributed by atoms with Crippen molar-refractivity contribution in [3.63, 3.8) is 0 Å². The van der Waals surface area contributed by atoms with E-state index in [1.165, 1.54) is 13.0 Å². The summed E-state index contributed by atoms with van der Waals surface area (Å²) in [4.78, 5) is 42.0. The van der Waals surface area contributed by atoms with Crippen LogP contribution in [-0.2, 0) is 28.6 Å². The molecule has 0 saturated carbocycles. The number of aliphatic carboxylic acids is 1. The number of carbonyl (C=O) groups is 3. The molecule has 0 aliphatic carbocycles. The molecule has 2 aliphatic heterocycles. The summed E-state index contributed by atoms with van der Waals surface area (Å²) in [5.74, 6) is -10.6. The molecule has 0 radical (unpaired) electrons.